The number of piperidine rings is 1. The third kappa shape index (κ3) is 4.55. The van der Waals surface area contributed by atoms with Crippen LogP contribution in [0.4, 0.5) is 5.69 Å². The van der Waals surface area contributed by atoms with Gasteiger partial charge in [-0.15, -0.1) is 0 Å². The zero-order valence-corrected chi connectivity index (χ0v) is 15.8. The monoisotopic (exact) mass is 384 g/mol. The first kappa shape index (κ1) is 19.1. The summed E-state index contributed by atoms with van der Waals surface area (Å²) < 4.78 is 0. The molecule has 27 heavy (non-hydrogen) atoms. The highest BCUT2D eigenvalue weighted by atomic mass is 35.5. The Morgan fingerprint density at radius 2 is 1.85 bits per heavy atom. The molecule has 1 aliphatic rings. The standard InChI is InChI=1S/C21H21ClN2O3/c1-14-12-16(22)9-10-18(14)19(25)15-6-5-11-24(13-15)21(27)20(26)23-17-7-3-2-4-8-17/h2-4,7-10,12,15H,5-6,11,13H2,1H3,(H,23,26)/t15-/m0/s1. The van der Waals surface area contributed by atoms with Crippen LogP contribution in [0.3, 0.4) is 0 Å². The number of ketones is 1. The van der Waals surface area contributed by atoms with Crippen molar-refractivity contribution < 1.29 is 14.4 Å². The van der Waals surface area contributed by atoms with Gasteiger partial charge in [0.2, 0.25) is 0 Å². The van der Waals surface area contributed by atoms with E-state index in [2.05, 4.69) is 5.32 Å². The zero-order chi connectivity index (χ0) is 19.4. The molecule has 2 aromatic carbocycles. The number of likely N-dealkylation sites (tertiary alicyclic amines) is 1. The van der Waals surface area contributed by atoms with E-state index in [4.69, 9.17) is 11.6 Å². The first-order valence-electron chi connectivity index (χ1n) is 8.91. The largest absolute Gasteiger partial charge is 0.334 e. The van der Waals surface area contributed by atoms with Gasteiger partial charge in [-0.2, -0.15) is 0 Å². The second-order valence-corrected chi connectivity index (χ2v) is 7.17. The van der Waals surface area contributed by atoms with E-state index in [1.165, 1.54) is 4.90 Å². The third-order valence-corrected chi connectivity index (χ3v) is 4.99. The van der Waals surface area contributed by atoms with Crippen molar-refractivity contribution in [1.29, 1.82) is 0 Å². The summed E-state index contributed by atoms with van der Waals surface area (Å²) in [5, 5.41) is 3.19. The molecule has 1 heterocycles. The molecule has 1 saturated heterocycles. The first-order chi connectivity index (χ1) is 13.0. The van der Waals surface area contributed by atoms with Gasteiger partial charge in [0.15, 0.2) is 5.78 Å². The minimum Gasteiger partial charge on any atom is -0.334 e. The number of hydrogen-bond acceptors (Lipinski definition) is 3. The highest BCUT2D eigenvalue weighted by Gasteiger charge is 2.32. The molecular formula is C21H21ClN2O3. The Hall–Kier alpha value is -2.66. The van der Waals surface area contributed by atoms with Crippen molar-refractivity contribution in [3.8, 4) is 0 Å². The fourth-order valence-electron chi connectivity index (χ4n) is 3.35. The van der Waals surface area contributed by atoms with E-state index >= 15 is 0 Å². The van der Waals surface area contributed by atoms with Gasteiger partial charge in [0.05, 0.1) is 0 Å². The van der Waals surface area contributed by atoms with Crippen molar-refractivity contribution >= 4 is 34.9 Å². The second-order valence-electron chi connectivity index (χ2n) is 6.73. The molecule has 140 valence electrons. The number of halogens is 1. The number of rotatable bonds is 3. The van der Waals surface area contributed by atoms with Crippen LogP contribution in [0.5, 0.6) is 0 Å². The van der Waals surface area contributed by atoms with E-state index in [1.54, 1.807) is 42.5 Å². The van der Waals surface area contributed by atoms with Crippen LogP contribution in [0.15, 0.2) is 48.5 Å². The van der Waals surface area contributed by atoms with Gasteiger partial charge in [0.25, 0.3) is 0 Å². The molecule has 0 unspecified atom stereocenters. The molecule has 0 saturated carbocycles. The number of nitrogens with zero attached hydrogens (tertiary/aromatic N) is 1. The number of anilines is 1. The summed E-state index contributed by atoms with van der Waals surface area (Å²) in [7, 11) is 0. The average Bonchev–Trinajstić information content (AvgIpc) is 2.68. The number of Topliss-reactive ketones (excluding diaryl/α,β-unsaturated/α-hetero) is 1. The van der Waals surface area contributed by atoms with Gasteiger partial charge in [0, 0.05) is 35.3 Å². The van der Waals surface area contributed by atoms with Crippen LogP contribution in [0.1, 0.15) is 28.8 Å². The van der Waals surface area contributed by atoms with Crippen LogP contribution in [0, 0.1) is 12.8 Å². The Labute approximate surface area is 163 Å². The molecule has 0 spiro atoms. The lowest BCUT2D eigenvalue weighted by molar-refractivity contribution is -0.144. The topological polar surface area (TPSA) is 66.5 Å². The lowest BCUT2D eigenvalue weighted by atomic mass is 9.88. The first-order valence-corrected chi connectivity index (χ1v) is 9.29. The van der Waals surface area contributed by atoms with Gasteiger partial charge in [-0.3, -0.25) is 14.4 Å². The van der Waals surface area contributed by atoms with Gasteiger partial charge in [-0.05, 0) is 55.7 Å². The summed E-state index contributed by atoms with van der Waals surface area (Å²) in [5.74, 6) is -1.61. The van der Waals surface area contributed by atoms with Crippen LogP contribution < -0.4 is 5.32 Å². The molecule has 0 bridgehead atoms. The van der Waals surface area contributed by atoms with Crippen molar-refractivity contribution in [3.63, 3.8) is 0 Å². The number of amides is 2. The van der Waals surface area contributed by atoms with Crippen LogP contribution >= 0.6 is 11.6 Å². The molecule has 1 N–H and O–H groups in total. The van der Waals surface area contributed by atoms with Gasteiger partial charge in [-0.25, -0.2) is 0 Å². The molecule has 2 aromatic rings. The third-order valence-electron chi connectivity index (χ3n) is 4.76. The molecule has 1 atom stereocenters. The SMILES string of the molecule is Cc1cc(Cl)ccc1C(=O)[C@H]1CCCN(C(=O)C(=O)Nc2ccccc2)C1. The highest BCUT2D eigenvalue weighted by Crippen LogP contribution is 2.24. The number of benzene rings is 2. The van der Waals surface area contributed by atoms with E-state index in [1.807, 2.05) is 13.0 Å². The Morgan fingerprint density at radius 3 is 2.56 bits per heavy atom. The maximum absolute atomic E-state index is 12.9. The van der Waals surface area contributed by atoms with Crippen molar-refractivity contribution in [1.82, 2.24) is 4.90 Å². The molecule has 1 fully saturated rings. The zero-order valence-electron chi connectivity index (χ0n) is 15.1. The molecular weight excluding hydrogens is 364 g/mol. The Balaban J connectivity index is 1.67. The fraction of sp³-hybridized carbons (Fsp3) is 0.286. The molecule has 6 heteroatoms. The Morgan fingerprint density at radius 1 is 1.11 bits per heavy atom. The molecule has 0 aromatic heterocycles. The summed E-state index contributed by atoms with van der Waals surface area (Å²) in [6.45, 7) is 2.57. The summed E-state index contributed by atoms with van der Waals surface area (Å²) in [6, 6.07) is 14.0. The van der Waals surface area contributed by atoms with E-state index < -0.39 is 11.8 Å². The predicted octanol–water partition coefficient (Wildman–Crippen LogP) is 3.71. The fourth-order valence-corrected chi connectivity index (χ4v) is 3.58. The predicted molar refractivity (Wildman–Crippen MR) is 105 cm³/mol. The van der Waals surface area contributed by atoms with Crippen LogP contribution in [0.25, 0.3) is 0 Å². The van der Waals surface area contributed by atoms with Crippen LogP contribution in [-0.2, 0) is 9.59 Å². The van der Waals surface area contributed by atoms with Gasteiger partial charge < -0.3 is 10.2 Å². The minimum absolute atomic E-state index is 0.00913. The quantitative estimate of drug-likeness (QED) is 0.648. The minimum atomic E-state index is -0.683. The summed E-state index contributed by atoms with van der Waals surface area (Å²) >= 11 is 5.96. The van der Waals surface area contributed by atoms with Gasteiger partial charge in [0.1, 0.15) is 0 Å². The summed E-state index contributed by atoms with van der Waals surface area (Å²) in [5.41, 5.74) is 2.00. The maximum Gasteiger partial charge on any atom is 0.313 e. The molecule has 3 rings (SSSR count). The number of carbonyl (C=O) groups excluding carboxylic acids is 3. The number of nitrogens with one attached hydrogen (secondary N) is 1. The van der Waals surface area contributed by atoms with E-state index in [0.29, 0.717) is 35.7 Å². The molecule has 0 radical (unpaired) electrons. The lowest BCUT2D eigenvalue weighted by Crippen LogP contribution is -2.46. The van der Waals surface area contributed by atoms with Crippen molar-refractivity contribution in [2.75, 3.05) is 18.4 Å². The Kier molecular flexibility index (Phi) is 5.91. The van der Waals surface area contributed by atoms with E-state index in [0.717, 1.165) is 5.56 Å². The highest BCUT2D eigenvalue weighted by molar-refractivity contribution is 6.39. The molecule has 5 nitrogen and oxygen atoms in total. The maximum atomic E-state index is 12.9. The van der Waals surface area contributed by atoms with E-state index in [9.17, 15) is 14.4 Å². The number of hydrogen-bond donors (Lipinski definition) is 1. The number of para-hydroxylation sites is 1. The van der Waals surface area contributed by atoms with Crippen LogP contribution in [-0.4, -0.2) is 35.6 Å². The summed E-state index contributed by atoms with van der Waals surface area (Å²) in [4.78, 5) is 39.1. The molecule has 2 amide bonds. The lowest BCUT2D eigenvalue weighted by Gasteiger charge is -2.31. The van der Waals surface area contributed by atoms with Crippen molar-refractivity contribution in [2.45, 2.75) is 19.8 Å². The van der Waals surface area contributed by atoms with Crippen molar-refractivity contribution in [3.05, 3.63) is 64.7 Å². The Bertz CT molecular complexity index is 867. The van der Waals surface area contributed by atoms with Gasteiger partial charge >= 0.3 is 11.8 Å². The number of carbonyl (C=O) groups is 3. The normalized spacial score (nSPS) is 16.7. The second kappa shape index (κ2) is 8.35. The molecule has 1 aliphatic heterocycles. The van der Waals surface area contributed by atoms with Gasteiger partial charge in [-0.1, -0.05) is 29.8 Å². The van der Waals surface area contributed by atoms with Crippen LogP contribution in [0.2, 0.25) is 5.02 Å². The summed E-state index contributed by atoms with van der Waals surface area (Å²) in [6.07, 6.45) is 1.39. The smallest absolute Gasteiger partial charge is 0.313 e. The average molecular weight is 385 g/mol. The molecule has 0 aliphatic carbocycles. The van der Waals surface area contributed by atoms with Crippen molar-refractivity contribution in [2.24, 2.45) is 5.92 Å². The van der Waals surface area contributed by atoms with E-state index in [-0.39, 0.29) is 18.2 Å². The number of aryl methyl sites for hydroxylation is 1.